The summed E-state index contributed by atoms with van der Waals surface area (Å²) >= 11 is 0. The first-order valence-electron chi connectivity index (χ1n) is 10.6. The Morgan fingerprint density at radius 1 is 1.14 bits per heavy atom. The molecule has 0 spiro atoms. The van der Waals surface area contributed by atoms with Gasteiger partial charge in [0.05, 0.1) is 0 Å². The van der Waals surface area contributed by atoms with Crippen LogP contribution in [0.15, 0.2) is 23.8 Å². The molecule has 1 heterocycles. The van der Waals surface area contributed by atoms with E-state index in [4.69, 9.17) is 0 Å². The van der Waals surface area contributed by atoms with Gasteiger partial charge >= 0.3 is 5.97 Å². The second-order valence-corrected chi connectivity index (χ2v) is 8.54. The molecule has 0 bridgehead atoms. The van der Waals surface area contributed by atoms with Crippen LogP contribution >= 0.6 is 0 Å². The lowest BCUT2D eigenvalue weighted by molar-refractivity contribution is -0.132. The number of Topliss-reactive ketones (excluding diaryl/α,β-unsaturated/α-hetero) is 1. The average Bonchev–Trinajstić information content (AvgIpc) is 3.51. The van der Waals surface area contributed by atoms with E-state index in [1.54, 1.807) is 0 Å². The fourth-order valence-corrected chi connectivity index (χ4v) is 4.84. The van der Waals surface area contributed by atoms with Crippen LogP contribution in [0.1, 0.15) is 72.3 Å². The second kappa shape index (κ2) is 8.16. The van der Waals surface area contributed by atoms with Gasteiger partial charge in [0.15, 0.2) is 5.78 Å². The number of carbonyl (C=O) groups is 2. The number of fused-ring (bicyclic) bond motifs is 1. The van der Waals surface area contributed by atoms with Gasteiger partial charge in [-0.1, -0.05) is 12.1 Å². The fraction of sp³-hybridized carbons (Fsp3) is 0.565. The number of allylic oxidation sites excluding steroid dienone is 1. The Bertz CT molecular complexity index is 806. The summed E-state index contributed by atoms with van der Waals surface area (Å²) in [5.41, 5.74) is 1.59. The summed E-state index contributed by atoms with van der Waals surface area (Å²) in [6, 6.07) is 3.20. The third-order valence-corrected chi connectivity index (χ3v) is 6.64. The largest absolute Gasteiger partial charge is 0.478 e. The van der Waals surface area contributed by atoms with E-state index >= 15 is 0 Å². The summed E-state index contributed by atoms with van der Waals surface area (Å²) < 4.78 is 14.9. The van der Waals surface area contributed by atoms with Crippen LogP contribution in [0.2, 0.25) is 0 Å². The Labute approximate surface area is 165 Å². The Morgan fingerprint density at radius 3 is 2.57 bits per heavy atom. The lowest BCUT2D eigenvalue weighted by Gasteiger charge is -2.25. The molecule has 3 aliphatic rings. The van der Waals surface area contributed by atoms with Gasteiger partial charge in [-0.3, -0.25) is 4.79 Å². The van der Waals surface area contributed by atoms with E-state index in [0.29, 0.717) is 30.2 Å². The number of rotatable bonds is 5. The van der Waals surface area contributed by atoms with E-state index in [1.807, 2.05) is 6.07 Å². The first-order chi connectivity index (χ1) is 13.5. The maximum absolute atomic E-state index is 14.9. The van der Waals surface area contributed by atoms with Gasteiger partial charge in [-0.2, -0.15) is 0 Å². The number of piperidine rings is 1. The van der Waals surface area contributed by atoms with Crippen LogP contribution in [0.25, 0.3) is 0 Å². The molecule has 150 valence electrons. The van der Waals surface area contributed by atoms with E-state index in [2.05, 4.69) is 5.32 Å². The van der Waals surface area contributed by atoms with Gasteiger partial charge < -0.3 is 10.4 Å². The van der Waals surface area contributed by atoms with Crippen LogP contribution in [-0.4, -0.2) is 29.9 Å². The third kappa shape index (κ3) is 4.04. The molecule has 0 amide bonds. The average molecular weight is 385 g/mol. The van der Waals surface area contributed by atoms with E-state index in [0.717, 1.165) is 57.2 Å². The van der Waals surface area contributed by atoms with Crippen molar-refractivity contribution >= 4 is 11.8 Å². The smallest absolute Gasteiger partial charge is 0.339 e. The summed E-state index contributed by atoms with van der Waals surface area (Å²) in [5, 5.41) is 12.8. The number of ketones is 1. The zero-order valence-corrected chi connectivity index (χ0v) is 16.2. The van der Waals surface area contributed by atoms with Crippen LogP contribution in [0, 0.1) is 17.7 Å². The van der Waals surface area contributed by atoms with E-state index in [9.17, 15) is 19.1 Å². The molecule has 0 aromatic heterocycles. The molecule has 1 aromatic carbocycles. The molecule has 2 aliphatic carbocycles. The van der Waals surface area contributed by atoms with Crippen LogP contribution in [0.4, 0.5) is 4.39 Å². The normalized spacial score (nSPS) is 25.4. The van der Waals surface area contributed by atoms with Gasteiger partial charge in [-0.25, -0.2) is 9.18 Å². The molecule has 4 nitrogen and oxygen atoms in total. The van der Waals surface area contributed by atoms with E-state index in [-0.39, 0.29) is 22.9 Å². The minimum atomic E-state index is -1.23. The molecule has 2 fully saturated rings. The monoisotopic (exact) mass is 385 g/mol. The van der Waals surface area contributed by atoms with Crippen LogP contribution in [0.5, 0.6) is 0 Å². The van der Waals surface area contributed by atoms with Gasteiger partial charge in [0.25, 0.3) is 0 Å². The first-order valence-corrected chi connectivity index (χ1v) is 10.6. The van der Waals surface area contributed by atoms with Crippen molar-refractivity contribution < 1.29 is 19.1 Å². The molecule has 1 aliphatic heterocycles. The molecule has 1 unspecified atom stereocenters. The third-order valence-electron chi connectivity index (χ3n) is 6.64. The summed E-state index contributed by atoms with van der Waals surface area (Å²) in [6.45, 7) is 2.06. The van der Waals surface area contributed by atoms with Crippen molar-refractivity contribution in [3.8, 4) is 0 Å². The quantitative estimate of drug-likeness (QED) is 0.744. The molecular weight excluding hydrogens is 357 g/mol. The Morgan fingerprint density at radius 2 is 1.89 bits per heavy atom. The zero-order valence-electron chi connectivity index (χ0n) is 16.2. The Balaban J connectivity index is 1.65. The molecule has 1 atom stereocenters. The minimum Gasteiger partial charge on any atom is -0.478 e. The predicted octanol–water partition coefficient (Wildman–Crippen LogP) is 4.24. The summed E-state index contributed by atoms with van der Waals surface area (Å²) in [5.74, 6) is -0.767. The highest BCUT2D eigenvalue weighted by atomic mass is 19.1. The second-order valence-electron chi connectivity index (χ2n) is 8.54. The van der Waals surface area contributed by atoms with Crippen molar-refractivity contribution in [2.24, 2.45) is 11.8 Å². The molecule has 2 N–H and O–H groups in total. The number of carboxylic acids is 1. The predicted molar refractivity (Wildman–Crippen MR) is 105 cm³/mol. The highest BCUT2D eigenvalue weighted by molar-refractivity contribution is 6.24. The van der Waals surface area contributed by atoms with Crippen molar-refractivity contribution in [3.63, 3.8) is 0 Å². The Kier molecular flexibility index (Phi) is 5.63. The SMILES string of the molecule is O=C(O)/C1=C/CCC(C2CC2)c2cc(CCC3CCNCC3)c(F)cc2C1=O. The van der Waals surface area contributed by atoms with Crippen molar-refractivity contribution in [1.29, 1.82) is 0 Å². The van der Waals surface area contributed by atoms with E-state index < -0.39 is 11.8 Å². The van der Waals surface area contributed by atoms with Gasteiger partial charge in [0.2, 0.25) is 0 Å². The molecular formula is C23H28FNO3. The number of hydrogen-bond donors (Lipinski definition) is 2. The van der Waals surface area contributed by atoms with Gasteiger partial charge in [0.1, 0.15) is 11.4 Å². The fourth-order valence-electron chi connectivity index (χ4n) is 4.84. The highest BCUT2D eigenvalue weighted by Crippen LogP contribution is 2.47. The topological polar surface area (TPSA) is 66.4 Å². The van der Waals surface area contributed by atoms with Crippen molar-refractivity contribution in [2.75, 3.05) is 13.1 Å². The van der Waals surface area contributed by atoms with Crippen LogP contribution < -0.4 is 5.32 Å². The maximum Gasteiger partial charge on any atom is 0.339 e. The van der Waals surface area contributed by atoms with Gasteiger partial charge in [-0.05, 0) is 99.4 Å². The molecule has 5 heteroatoms. The number of aliphatic carboxylic acids is 1. The maximum atomic E-state index is 14.9. The Hall–Kier alpha value is -2.01. The summed E-state index contributed by atoms with van der Waals surface area (Å²) in [4.78, 5) is 24.4. The minimum absolute atomic E-state index is 0.225. The molecule has 4 rings (SSSR count). The number of aryl methyl sites for hydroxylation is 1. The van der Waals surface area contributed by atoms with E-state index in [1.165, 1.54) is 12.1 Å². The number of nitrogens with one attached hydrogen (secondary N) is 1. The van der Waals surface area contributed by atoms with Gasteiger partial charge in [0, 0.05) is 5.56 Å². The molecule has 28 heavy (non-hydrogen) atoms. The van der Waals surface area contributed by atoms with Crippen molar-refractivity contribution in [1.82, 2.24) is 5.32 Å². The number of carboxylic acid groups (broad SMARTS) is 1. The van der Waals surface area contributed by atoms with Crippen molar-refractivity contribution in [2.45, 2.75) is 57.3 Å². The van der Waals surface area contributed by atoms with Crippen LogP contribution in [-0.2, 0) is 11.2 Å². The van der Waals surface area contributed by atoms with Crippen molar-refractivity contribution in [3.05, 3.63) is 46.3 Å². The van der Waals surface area contributed by atoms with Crippen LogP contribution in [0.3, 0.4) is 0 Å². The first kappa shape index (κ1) is 19.3. The lowest BCUT2D eigenvalue weighted by atomic mass is 9.80. The standard InChI is InChI=1S/C23H28FNO3/c24-21-13-20-19(12-16(21)5-4-14-8-10-25-11-9-14)17(15-6-7-15)2-1-3-18(22(20)26)23(27)28/h3,12-15,17,25H,1-2,4-11H2,(H,27,28)/b18-3+. The zero-order chi connectivity index (χ0) is 19.7. The molecule has 1 aromatic rings. The number of hydrogen-bond acceptors (Lipinski definition) is 3. The highest BCUT2D eigenvalue weighted by Gasteiger charge is 2.36. The molecule has 1 saturated heterocycles. The summed E-state index contributed by atoms with van der Waals surface area (Å²) in [6.07, 6.45) is 9.08. The number of benzene rings is 1. The van der Waals surface area contributed by atoms with Gasteiger partial charge in [-0.15, -0.1) is 0 Å². The number of halogens is 1. The molecule has 0 radical (unpaired) electrons. The summed E-state index contributed by atoms with van der Waals surface area (Å²) in [7, 11) is 0. The lowest BCUT2D eigenvalue weighted by Crippen LogP contribution is -2.28. The number of carbonyl (C=O) groups excluding carboxylic acids is 1. The molecule has 1 saturated carbocycles.